The molecular weight excluding hydrogens is 310 g/mol. The van der Waals surface area contributed by atoms with E-state index in [4.69, 9.17) is 4.42 Å². The SMILES string of the molecule is CCCCCC(F)(F)c1oc(=O)c2ccc(C)cc2c1CCCC. The largest absolute Gasteiger partial charge is 0.421 e. The number of benzene rings is 1. The average Bonchev–Trinajstić information content (AvgIpc) is 2.53. The molecule has 24 heavy (non-hydrogen) atoms. The summed E-state index contributed by atoms with van der Waals surface area (Å²) >= 11 is 0. The van der Waals surface area contributed by atoms with Crippen molar-refractivity contribution in [3.8, 4) is 0 Å². The summed E-state index contributed by atoms with van der Waals surface area (Å²) in [5.41, 5.74) is 0.776. The number of fused-ring (bicyclic) bond motifs is 1. The molecule has 1 aromatic carbocycles. The van der Waals surface area contributed by atoms with Gasteiger partial charge in [0.2, 0.25) is 0 Å². The van der Waals surface area contributed by atoms with Crippen molar-refractivity contribution in [2.45, 2.75) is 71.6 Å². The third-order valence-corrected chi connectivity index (χ3v) is 4.40. The molecular formula is C20H26F2O2. The fourth-order valence-electron chi connectivity index (χ4n) is 3.03. The van der Waals surface area contributed by atoms with E-state index >= 15 is 0 Å². The molecule has 1 aromatic heterocycles. The Morgan fingerprint density at radius 3 is 2.42 bits per heavy atom. The number of alkyl halides is 2. The van der Waals surface area contributed by atoms with Crippen LogP contribution in [0.2, 0.25) is 0 Å². The van der Waals surface area contributed by atoms with Crippen LogP contribution in [0.25, 0.3) is 10.8 Å². The maximum atomic E-state index is 14.7. The van der Waals surface area contributed by atoms with E-state index in [9.17, 15) is 13.6 Å². The summed E-state index contributed by atoms with van der Waals surface area (Å²) < 4.78 is 34.6. The van der Waals surface area contributed by atoms with Gasteiger partial charge in [0.1, 0.15) is 0 Å². The molecule has 0 saturated heterocycles. The number of hydrogen-bond donors (Lipinski definition) is 0. The van der Waals surface area contributed by atoms with Gasteiger partial charge in [-0.25, -0.2) is 4.79 Å². The van der Waals surface area contributed by atoms with Gasteiger partial charge in [0.25, 0.3) is 0 Å². The first-order valence-electron chi connectivity index (χ1n) is 8.85. The monoisotopic (exact) mass is 336 g/mol. The quantitative estimate of drug-likeness (QED) is 0.544. The summed E-state index contributed by atoms with van der Waals surface area (Å²) in [5.74, 6) is -3.52. The molecule has 0 aliphatic heterocycles. The van der Waals surface area contributed by atoms with E-state index in [0.717, 1.165) is 31.2 Å². The summed E-state index contributed by atoms with van der Waals surface area (Å²) in [4.78, 5) is 12.2. The Balaban J connectivity index is 2.60. The molecule has 4 heteroatoms. The first kappa shape index (κ1) is 18.6. The van der Waals surface area contributed by atoms with Gasteiger partial charge in [0.15, 0.2) is 5.76 Å². The van der Waals surface area contributed by atoms with Crippen molar-refractivity contribution < 1.29 is 13.2 Å². The molecule has 0 spiro atoms. The van der Waals surface area contributed by atoms with Gasteiger partial charge in [0.05, 0.1) is 5.39 Å². The molecule has 2 rings (SSSR count). The zero-order valence-electron chi connectivity index (χ0n) is 14.8. The Morgan fingerprint density at radius 2 is 1.75 bits per heavy atom. The van der Waals surface area contributed by atoms with Crippen molar-refractivity contribution in [3.63, 3.8) is 0 Å². The van der Waals surface area contributed by atoms with E-state index in [1.54, 1.807) is 6.07 Å². The molecule has 0 fully saturated rings. The molecule has 1 heterocycles. The van der Waals surface area contributed by atoms with Crippen LogP contribution in [0.4, 0.5) is 8.78 Å². The fourth-order valence-corrected chi connectivity index (χ4v) is 3.03. The van der Waals surface area contributed by atoms with Crippen LogP contribution in [0.15, 0.2) is 27.4 Å². The Kier molecular flexibility index (Phi) is 6.14. The Morgan fingerprint density at radius 1 is 1.04 bits per heavy atom. The van der Waals surface area contributed by atoms with Crippen molar-refractivity contribution in [1.82, 2.24) is 0 Å². The van der Waals surface area contributed by atoms with E-state index in [0.29, 0.717) is 29.2 Å². The molecule has 0 saturated carbocycles. The predicted molar refractivity (Wildman–Crippen MR) is 93.9 cm³/mol. The van der Waals surface area contributed by atoms with E-state index in [1.807, 2.05) is 32.9 Å². The van der Waals surface area contributed by atoms with Crippen LogP contribution in [0.3, 0.4) is 0 Å². The van der Waals surface area contributed by atoms with Gasteiger partial charge >= 0.3 is 11.5 Å². The molecule has 0 radical (unpaired) electrons. The van der Waals surface area contributed by atoms with Crippen LogP contribution < -0.4 is 5.63 Å². The molecule has 0 bridgehead atoms. The first-order chi connectivity index (χ1) is 11.4. The number of halogens is 2. The van der Waals surface area contributed by atoms with Gasteiger partial charge in [0, 0.05) is 12.0 Å². The van der Waals surface area contributed by atoms with E-state index in [1.165, 1.54) is 0 Å². The number of hydrogen-bond acceptors (Lipinski definition) is 2. The molecule has 0 atom stereocenters. The van der Waals surface area contributed by atoms with Crippen LogP contribution in [-0.4, -0.2) is 0 Å². The van der Waals surface area contributed by atoms with Crippen LogP contribution >= 0.6 is 0 Å². The smallest absolute Gasteiger partial charge is 0.344 e. The van der Waals surface area contributed by atoms with E-state index in [-0.39, 0.29) is 6.42 Å². The summed E-state index contributed by atoms with van der Waals surface area (Å²) in [6.45, 7) is 5.89. The van der Waals surface area contributed by atoms with Crippen molar-refractivity contribution in [1.29, 1.82) is 0 Å². The van der Waals surface area contributed by atoms with Gasteiger partial charge in [-0.2, -0.15) is 8.78 Å². The molecule has 0 aliphatic carbocycles. The maximum Gasteiger partial charge on any atom is 0.344 e. The van der Waals surface area contributed by atoms with Gasteiger partial charge in [-0.05, 0) is 37.6 Å². The second-order valence-corrected chi connectivity index (χ2v) is 6.51. The fraction of sp³-hybridized carbons (Fsp3) is 0.550. The summed E-state index contributed by atoms with van der Waals surface area (Å²) in [7, 11) is 0. The van der Waals surface area contributed by atoms with Crippen molar-refractivity contribution in [3.05, 3.63) is 45.5 Å². The zero-order valence-corrected chi connectivity index (χ0v) is 14.8. The number of aryl methyl sites for hydroxylation is 2. The molecule has 2 aromatic rings. The topological polar surface area (TPSA) is 30.2 Å². The average molecular weight is 336 g/mol. The highest BCUT2D eigenvalue weighted by Crippen LogP contribution is 2.38. The zero-order chi connectivity index (χ0) is 17.7. The molecule has 2 nitrogen and oxygen atoms in total. The van der Waals surface area contributed by atoms with Gasteiger partial charge in [-0.15, -0.1) is 0 Å². The van der Waals surface area contributed by atoms with Crippen molar-refractivity contribution >= 4 is 10.8 Å². The summed E-state index contributed by atoms with van der Waals surface area (Å²) in [6.07, 6.45) is 3.95. The lowest BCUT2D eigenvalue weighted by atomic mass is 9.95. The summed E-state index contributed by atoms with van der Waals surface area (Å²) in [6, 6.07) is 5.30. The second kappa shape index (κ2) is 7.91. The van der Waals surface area contributed by atoms with E-state index < -0.39 is 17.3 Å². The minimum atomic E-state index is -3.10. The van der Waals surface area contributed by atoms with E-state index in [2.05, 4.69) is 0 Å². The third-order valence-electron chi connectivity index (χ3n) is 4.40. The van der Waals surface area contributed by atoms with Crippen LogP contribution in [-0.2, 0) is 12.3 Å². The van der Waals surface area contributed by atoms with Gasteiger partial charge in [-0.3, -0.25) is 0 Å². The number of rotatable bonds is 8. The normalized spacial score (nSPS) is 12.0. The highest BCUT2D eigenvalue weighted by molar-refractivity contribution is 5.85. The lowest BCUT2D eigenvalue weighted by Crippen LogP contribution is -2.20. The molecule has 0 aliphatic rings. The van der Waals surface area contributed by atoms with Crippen molar-refractivity contribution in [2.24, 2.45) is 0 Å². The molecule has 0 unspecified atom stereocenters. The Bertz CT molecular complexity index is 747. The van der Waals surface area contributed by atoms with Gasteiger partial charge < -0.3 is 4.42 Å². The van der Waals surface area contributed by atoms with Crippen LogP contribution in [0, 0.1) is 6.92 Å². The highest BCUT2D eigenvalue weighted by atomic mass is 19.3. The lowest BCUT2D eigenvalue weighted by Gasteiger charge is -2.20. The third kappa shape index (κ3) is 4.03. The standard InChI is InChI=1S/C20H26F2O2/c1-4-6-8-12-20(21,22)18-15(9-7-5-2)17-13-14(3)10-11-16(17)19(23)24-18/h10-11,13H,4-9,12H2,1-3H3. The molecule has 0 amide bonds. The first-order valence-corrected chi connectivity index (χ1v) is 8.85. The van der Waals surface area contributed by atoms with Crippen molar-refractivity contribution in [2.75, 3.05) is 0 Å². The van der Waals surface area contributed by atoms with Gasteiger partial charge in [-0.1, -0.05) is 50.8 Å². The second-order valence-electron chi connectivity index (χ2n) is 6.51. The maximum absolute atomic E-state index is 14.7. The Labute approximate surface area is 141 Å². The highest BCUT2D eigenvalue weighted by Gasteiger charge is 2.37. The van der Waals surface area contributed by atoms with Crippen LogP contribution in [0.5, 0.6) is 0 Å². The van der Waals surface area contributed by atoms with Crippen LogP contribution in [0.1, 0.15) is 69.3 Å². The minimum Gasteiger partial charge on any atom is -0.421 e. The lowest BCUT2D eigenvalue weighted by molar-refractivity contribution is -0.0395. The molecule has 0 N–H and O–H groups in total. The minimum absolute atomic E-state index is 0.278. The summed E-state index contributed by atoms with van der Waals surface area (Å²) in [5, 5.41) is 1.00. The Hall–Kier alpha value is -1.71. The molecule has 132 valence electrons. The number of unbranched alkanes of at least 4 members (excludes halogenated alkanes) is 3. The predicted octanol–water partition coefficient (Wildman–Crippen LogP) is 6.12.